The molecule has 16 heavy (non-hydrogen) atoms. The highest BCUT2D eigenvalue weighted by Crippen LogP contribution is 2.27. The topological polar surface area (TPSA) is 38.1 Å². The zero-order chi connectivity index (χ0) is 11.4. The molecule has 84 valence electrons. The van der Waals surface area contributed by atoms with Crippen LogP contribution in [0.4, 0.5) is 0 Å². The lowest BCUT2D eigenvalue weighted by atomic mass is 10.1. The van der Waals surface area contributed by atoms with Gasteiger partial charge in [-0.15, -0.1) is 0 Å². The van der Waals surface area contributed by atoms with E-state index < -0.39 is 0 Å². The monoisotopic (exact) mass is 236 g/mol. The van der Waals surface area contributed by atoms with Gasteiger partial charge in [0.05, 0.1) is 10.7 Å². The molecule has 1 heterocycles. The quantitative estimate of drug-likeness (QED) is 0.887. The summed E-state index contributed by atoms with van der Waals surface area (Å²) in [6.07, 6.45) is 0. The van der Waals surface area contributed by atoms with Crippen molar-refractivity contribution in [3.8, 4) is 11.3 Å². The van der Waals surface area contributed by atoms with Crippen molar-refractivity contribution in [2.45, 2.75) is 13.5 Å². The molecule has 4 heteroatoms. The SMILES string of the molecule is CCNCc1cc(-c2ccccc2Cl)on1. The van der Waals surface area contributed by atoms with Crippen molar-refractivity contribution in [3.05, 3.63) is 41.0 Å². The van der Waals surface area contributed by atoms with E-state index in [4.69, 9.17) is 16.1 Å². The highest BCUT2D eigenvalue weighted by atomic mass is 35.5. The summed E-state index contributed by atoms with van der Waals surface area (Å²) in [5, 5.41) is 7.84. The van der Waals surface area contributed by atoms with Gasteiger partial charge in [0.2, 0.25) is 0 Å². The van der Waals surface area contributed by atoms with Crippen molar-refractivity contribution in [2.24, 2.45) is 0 Å². The normalized spacial score (nSPS) is 10.6. The molecule has 0 aliphatic rings. The van der Waals surface area contributed by atoms with Gasteiger partial charge in [-0.2, -0.15) is 0 Å². The molecule has 0 bridgehead atoms. The van der Waals surface area contributed by atoms with Gasteiger partial charge in [0.1, 0.15) is 0 Å². The second-order valence-corrected chi connectivity index (χ2v) is 3.85. The lowest BCUT2D eigenvalue weighted by Crippen LogP contribution is -2.11. The average Bonchev–Trinajstić information content (AvgIpc) is 2.75. The first-order chi connectivity index (χ1) is 7.81. The number of benzene rings is 1. The first-order valence-electron chi connectivity index (χ1n) is 5.22. The first kappa shape index (κ1) is 11.2. The Morgan fingerprint density at radius 2 is 2.19 bits per heavy atom. The molecule has 3 nitrogen and oxygen atoms in total. The molecule has 0 aliphatic heterocycles. The van der Waals surface area contributed by atoms with E-state index in [2.05, 4.69) is 17.4 Å². The molecule has 0 amide bonds. The Hall–Kier alpha value is -1.32. The Labute approximate surface area is 99.4 Å². The fraction of sp³-hybridized carbons (Fsp3) is 0.250. The molecular formula is C12H13ClN2O. The third-order valence-corrected chi connectivity index (χ3v) is 2.58. The molecule has 0 radical (unpaired) electrons. The van der Waals surface area contributed by atoms with E-state index in [9.17, 15) is 0 Å². The van der Waals surface area contributed by atoms with Crippen LogP contribution in [0.1, 0.15) is 12.6 Å². The third kappa shape index (κ3) is 2.43. The number of hydrogen-bond acceptors (Lipinski definition) is 3. The molecule has 0 spiro atoms. The summed E-state index contributed by atoms with van der Waals surface area (Å²) < 4.78 is 5.25. The molecule has 1 N–H and O–H groups in total. The summed E-state index contributed by atoms with van der Waals surface area (Å²) in [6.45, 7) is 3.67. The number of nitrogens with zero attached hydrogens (tertiary/aromatic N) is 1. The summed E-state index contributed by atoms with van der Waals surface area (Å²) in [7, 11) is 0. The second kappa shape index (κ2) is 5.14. The minimum absolute atomic E-state index is 0.675. The average molecular weight is 237 g/mol. The predicted molar refractivity (Wildman–Crippen MR) is 64.3 cm³/mol. The maximum Gasteiger partial charge on any atom is 0.168 e. The highest BCUT2D eigenvalue weighted by molar-refractivity contribution is 6.33. The third-order valence-electron chi connectivity index (χ3n) is 2.25. The van der Waals surface area contributed by atoms with Crippen molar-refractivity contribution in [3.63, 3.8) is 0 Å². The van der Waals surface area contributed by atoms with Gasteiger partial charge in [0, 0.05) is 18.2 Å². The van der Waals surface area contributed by atoms with Crippen molar-refractivity contribution in [1.29, 1.82) is 0 Å². The molecule has 0 fully saturated rings. The number of halogens is 1. The van der Waals surface area contributed by atoms with Gasteiger partial charge in [-0.05, 0) is 18.7 Å². The van der Waals surface area contributed by atoms with E-state index in [-0.39, 0.29) is 0 Å². The van der Waals surface area contributed by atoms with E-state index in [1.165, 1.54) is 0 Å². The Balaban J connectivity index is 2.22. The Morgan fingerprint density at radius 1 is 1.38 bits per heavy atom. The fourth-order valence-electron chi connectivity index (χ4n) is 1.44. The van der Waals surface area contributed by atoms with Crippen LogP contribution in [0, 0.1) is 0 Å². The molecule has 0 atom stereocenters. The van der Waals surface area contributed by atoms with Gasteiger partial charge in [0.25, 0.3) is 0 Å². The van der Waals surface area contributed by atoms with E-state index >= 15 is 0 Å². The minimum atomic E-state index is 0.675. The van der Waals surface area contributed by atoms with Gasteiger partial charge >= 0.3 is 0 Å². The Morgan fingerprint density at radius 3 is 2.94 bits per heavy atom. The molecule has 0 saturated carbocycles. The van der Waals surface area contributed by atoms with Crippen molar-refractivity contribution in [2.75, 3.05) is 6.54 Å². The molecule has 0 unspecified atom stereocenters. The maximum atomic E-state index is 6.07. The zero-order valence-corrected chi connectivity index (χ0v) is 9.79. The fourth-order valence-corrected chi connectivity index (χ4v) is 1.67. The van der Waals surface area contributed by atoms with Crippen molar-refractivity contribution in [1.82, 2.24) is 10.5 Å². The number of aromatic nitrogens is 1. The van der Waals surface area contributed by atoms with Crippen LogP contribution in [0.15, 0.2) is 34.9 Å². The standard InChI is InChI=1S/C12H13ClN2O/c1-2-14-8-9-7-12(16-15-9)10-5-3-4-6-11(10)13/h3-7,14H,2,8H2,1H3. The summed E-state index contributed by atoms with van der Waals surface area (Å²) >= 11 is 6.07. The van der Waals surface area contributed by atoms with Gasteiger partial charge in [-0.3, -0.25) is 0 Å². The molecule has 2 aromatic rings. The van der Waals surface area contributed by atoms with E-state index in [0.29, 0.717) is 17.3 Å². The zero-order valence-electron chi connectivity index (χ0n) is 9.03. The first-order valence-corrected chi connectivity index (χ1v) is 5.60. The largest absolute Gasteiger partial charge is 0.356 e. The smallest absolute Gasteiger partial charge is 0.168 e. The second-order valence-electron chi connectivity index (χ2n) is 3.44. The maximum absolute atomic E-state index is 6.07. The molecule has 0 saturated heterocycles. The van der Waals surface area contributed by atoms with Crippen LogP contribution in [-0.4, -0.2) is 11.7 Å². The van der Waals surface area contributed by atoms with Gasteiger partial charge in [-0.1, -0.05) is 35.8 Å². The summed E-state index contributed by atoms with van der Waals surface area (Å²) in [5.74, 6) is 0.707. The number of rotatable bonds is 4. The van der Waals surface area contributed by atoms with Crippen LogP contribution < -0.4 is 5.32 Å². The van der Waals surface area contributed by atoms with Gasteiger partial charge in [0.15, 0.2) is 5.76 Å². The summed E-state index contributed by atoms with van der Waals surface area (Å²) in [4.78, 5) is 0. The van der Waals surface area contributed by atoms with Gasteiger partial charge < -0.3 is 9.84 Å². The number of hydrogen-bond donors (Lipinski definition) is 1. The number of nitrogens with one attached hydrogen (secondary N) is 1. The van der Waals surface area contributed by atoms with E-state index in [0.717, 1.165) is 17.8 Å². The van der Waals surface area contributed by atoms with Crippen LogP contribution >= 0.6 is 11.6 Å². The van der Waals surface area contributed by atoms with Crippen LogP contribution in [-0.2, 0) is 6.54 Å². The molecule has 1 aromatic heterocycles. The predicted octanol–water partition coefficient (Wildman–Crippen LogP) is 3.10. The van der Waals surface area contributed by atoms with Crippen molar-refractivity contribution < 1.29 is 4.52 Å². The summed E-state index contributed by atoms with van der Waals surface area (Å²) in [6, 6.07) is 9.47. The Kier molecular flexibility index (Phi) is 3.59. The summed E-state index contributed by atoms with van der Waals surface area (Å²) in [5.41, 5.74) is 1.76. The van der Waals surface area contributed by atoms with Crippen LogP contribution in [0.3, 0.4) is 0 Å². The molecule has 0 aliphatic carbocycles. The van der Waals surface area contributed by atoms with Crippen LogP contribution in [0.2, 0.25) is 5.02 Å². The van der Waals surface area contributed by atoms with Crippen molar-refractivity contribution >= 4 is 11.6 Å². The minimum Gasteiger partial charge on any atom is -0.356 e. The van der Waals surface area contributed by atoms with Crippen LogP contribution in [0.5, 0.6) is 0 Å². The molecule has 1 aromatic carbocycles. The van der Waals surface area contributed by atoms with Crippen LogP contribution in [0.25, 0.3) is 11.3 Å². The lowest BCUT2D eigenvalue weighted by molar-refractivity contribution is 0.420. The van der Waals surface area contributed by atoms with E-state index in [1.807, 2.05) is 30.3 Å². The molecule has 2 rings (SSSR count). The Bertz CT molecular complexity index is 468. The highest BCUT2D eigenvalue weighted by Gasteiger charge is 2.08. The van der Waals surface area contributed by atoms with Gasteiger partial charge in [-0.25, -0.2) is 0 Å². The lowest BCUT2D eigenvalue weighted by Gasteiger charge is -1.97. The van der Waals surface area contributed by atoms with E-state index in [1.54, 1.807) is 0 Å². The molecular weight excluding hydrogens is 224 g/mol.